The van der Waals surface area contributed by atoms with Crippen LogP contribution < -0.4 is 11.1 Å². The molecule has 0 spiro atoms. The van der Waals surface area contributed by atoms with E-state index < -0.39 is 4.92 Å². The lowest BCUT2D eigenvalue weighted by Gasteiger charge is -2.04. The molecule has 0 aliphatic carbocycles. The molecule has 1 aromatic heterocycles. The molecule has 1 atom stereocenters. The summed E-state index contributed by atoms with van der Waals surface area (Å²) in [6, 6.07) is 4.51. The van der Waals surface area contributed by atoms with Crippen molar-refractivity contribution in [1.29, 1.82) is 0 Å². The Balaban J connectivity index is 2.27. The maximum Gasteiger partial charge on any atom is 0.271 e. The molecule has 1 unspecified atom stereocenters. The minimum absolute atomic E-state index is 0.0116. The summed E-state index contributed by atoms with van der Waals surface area (Å²) in [5, 5.41) is 13.6. The molecule has 0 aliphatic rings. The molecule has 0 radical (unpaired) electrons. The number of benzene rings is 1. The Bertz CT molecular complexity index is 549. The van der Waals surface area contributed by atoms with Gasteiger partial charge in [-0.1, -0.05) is 0 Å². The molecule has 0 amide bonds. The third kappa shape index (κ3) is 2.51. The van der Waals surface area contributed by atoms with Gasteiger partial charge in [-0.05, 0) is 13.0 Å². The number of aromatic nitrogens is 2. The number of non-ortho nitro benzene ring substituents is 1. The summed E-state index contributed by atoms with van der Waals surface area (Å²) >= 11 is 0. The molecule has 0 fully saturated rings. The number of nitrogens with zero attached hydrogens (tertiary/aromatic N) is 2. The van der Waals surface area contributed by atoms with Crippen LogP contribution in [-0.2, 0) is 0 Å². The van der Waals surface area contributed by atoms with Gasteiger partial charge in [-0.3, -0.25) is 10.1 Å². The summed E-state index contributed by atoms with van der Waals surface area (Å²) in [4.78, 5) is 17.4. The van der Waals surface area contributed by atoms with E-state index >= 15 is 0 Å². The fourth-order valence-electron chi connectivity index (χ4n) is 1.45. The maximum absolute atomic E-state index is 10.6. The Morgan fingerprint density at radius 1 is 1.65 bits per heavy atom. The number of nitrogens with two attached hydrogens (primary N) is 1. The van der Waals surface area contributed by atoms with Crippen molar-refractivity contribution >= 4 is 22.7 Å². The normalized spacial score (nSPS) is 12.6. The van der Waals surface area contributed by atoms with Gasteiger partial charge in [0.05, 0.1) is 16.0 Å². The van der Waals surface area contributed by atoms with Gasteiger partial charge in [0, 0.05) is 24.7 Å². The summed E-state index contributed by atoms with van der Waals surface area (Å²) in [7, 11) is 0. The van der Waals surface area contributed by atoms with E-state index in [1.807, 2.05) is 6.92 Å². The highest BCUT2D eigenvalue weighted by Gasteiger charge is 2.09. The van der Waals surface area contributed by atoms with Gasteiger partial charge in [0.15, 0.2) is 0 Å². The summed E-state index contributed by atoms with van der Waals surface area (Å²) in [6.07, 6.45) is 0. The van der Waals surface area contributed by atoms with E-state index in [4.69, 9.17) is 5.73 Å². The van der Waals surface area contributed by atoms with Crippen molar-refractivity contribution < 1.29 is 4.92 Å². The molecule has 0 saturated heterocycles. The first-order valence-electron chi connectivity index (χ1n) is 5.20. The predicted octanol–water partition coefficient (Wildman–Crippen LogP) is 1.23. The summed E-state index contributed by atoms with van der Waals surface area (Å²) in [6.45, 7) is 2.46. The number of H-pyrrole nitrogens is 1. The zero-order valence-corrected chi connectivity index (χ0v) is 9.30. The highest BCUT2D eigenvalue weighted by Crippen LogP contribution is 2.20. The highest BCUT2D eigenvalue weighted by atomic mass is 16.6. The molecule has 1 heterocycles. The van der Waals surface area contributed by atoms with E-state index in [0.717, 1.165) is 0 Å². The molecule has 1 aromatic carbocycles. The molecule has 7 heteroatoms. The van der Waals surface area contributed by atoms with Crippen LogP contribution in [0.15, 0.2) is 18.2 Å². The van der Waals surface area contributed by atoms with Crippen LogP contribution in [0.4, 0.5) is 11.6 Å². The average molecular weight is 235 g/mol. The molecule has 0 saturated carbocycles. The molecule has 90 valence electrons. The van der Waals surface area contributed by atoms with Gasteiger partial charge in [0.2, 0.25) is 5.95 Å². The number of fused-ring (bicyclic) bond motifs is 1. The summed E-state index contributed by atoms with van der Waals surface area (Å²) < 4.78 is 0. The smallest absolute Gasteiger partial charge is 0.271 e. The minimum atomic E-state index is -0.435. The SMILES string of the molecule is CC(N)CNc1nc2ccc([N+](=O)[O-])cc2[nH]1. The Labute approximate surface area is 97.2 Å². The first-order valence-corrected chi connectivity index (χ1v) is 5.20. The predicted molar refractivity (Wildman–Crippen MR) is 64.9 cm³/mol. The van der Waals surface area contributed by atoms with Gasteiger partial charge < -0.3 is 16.0 Å². The van der Waals surface area contributed by atoms with E-state index in [9.17, 15) is 10.1 Å². The lowest BCUT2D eigenvalue weighted by atomic mass is 10.3. The quantitative estimate of drug-likeness (QED) is 0.545. The van der Waals surface area contributed by atoms with Gasteiger partial charge in [-0.15, -0.1) is 0 Å². The highest BCUT2D eigenvalue weighted by molar-refractivity contribution is 5.79. The number of nitro groups is 1. The molecule has 4 N–H and O–H groups in total. The lowest BCUT2D eigenvalue weighted by molar-refractivity contribution is -0.384. The van der Waals surface area contributed by atoms with Crippen molar-refractivity contribution in [2.45, 2.75) is 13.0 Å². The zero-order chi connectivity index (χ0) is 12.4. The summed E-state index contributed by atoms with van der Waals surface area (Å²) in [5.74, 6) is 0.567. The second-order valence-corrected chi connectivity index (χ2v) is 3.90. The number of hydrogen-bond acceptors (Lipinski definition) is 5. The van der Waals surface area contributed by atoms with Crippen molar-refractivity contribution in [3.05, 3.63) is 28.3 Å². The standard InChI is InChI=1S/C10H13N5O2/c1-6(11)5-12-10-13-8-3-2-7(15(16)17)4-9(8)14-10/h2-4,6H,5,11H2,1H3,(H2,12,13,14). The molecule has 0 aliphatic heterocycles. The molecule has 7 nitrogen and oxygen atoms in total. The summed E-state index contributed by atoms with van der Waals surface area (Å²) in [5.41, 5.74) is 6.96. The molecular formula is C10H13N5O2. The Morgan fingerprint density at radius 2 is 2.41 bits per heavy atom. The van der Waals surface area contributed by atoms with Crippen LogP contribution in [0.3, 0.4) is 0 Å². The van der Waals surface area contributed by atoms with Crippen LogP contribution in [0.25, 0.3) is 11.0 Å². The van der Waals surface area contributed by atoms with Crippen molar-refractivity contribution in [3.8, 4) is 0 Å². The molecule has 17 heavy (non-hydrogen) atoms. The Morgan fingerprint density at radius 3 is 3.06 bits per heavy atom. The Kier molecular flexibility index (Phi) is 2.92. The largest absolute Gasteiger partial charge is 0.354 e. The first kappa shape index (κ1) is 11.3. The number of nitrogens with one attached hydrogen (secondary N) is 2. The number of imidazole rings is 1. The van der Waals surface area contributed by atoms with Crippen molar-refractivity contribution in [1.82, 2.24) is 9.97 Å². The van der Waals surface area contributed by atoms with E-state index in [1.54, 1.807) is 6.07 Å². The number of nitro benzene ring substituents is 1. The van der Waals surface area contributed by atoms with Gasteiger partial charge in [-0.2, -0.15) is 0 Å². The number of hydrogen-bond donors (Lipinski definition) is 3. The molecule has 2 aromatic rings. The Hall–Kier alpha value is -2.15. The van der Waals surface area contributed by atoms with Crippen molar-refractivity contribution in [2.24, 2.45) is 5.73 Å². The molecule has 2 rings (SSSR count). The van der Waals surface area contributed by atoms with Gasteiger partial charge in [0.25, 0.3) is 5.69 Å². The van der Waals surface area contributed by atoms with Gasteiger partial charge in [-0.25, -0.2) is 4.98 Å². The molecule has 0 bridgehead atoms. The number of anilines is 1. The van der Waals surface area contributed by atoms with E-state index in [0.29, 0.717) is 23.5 Å². The van der Waals surface area contributed by atoms with Crippen LogP contribution in [0.2, 0.25) is 0 Å². The third-order valence-electron chi connectivity index (χ3n) is 2.27. The average Bonchev–Trinajstić information content (AvgIpc) is 2.67. The van der Waals surface area contributed by atoms with E-state index in [1.165, 1.54) is 12.1 Å². The van der Waals surface area contributed by atoms with Gasteiger partial charge >= 0.3 is 0 Å². The topological polar surface area (TPSA) is 110 Å². The van der Waals surface area contributed by atoms with E-state index in [-0.39, 0.29) is 11.7 Å². The number of rotatable bonds is 4. The third-order valence-corrected chi connectivity index (χ3v) is 2.27. The second kappa shape index (κ2) is 4.38. The number of aromatic amines is 1. The van der Waals surface area contributed by atoms with Crippen LogP contribution in [0, 0.1) is 10.1 Å². The minimum Gasteiger partial charge on any atom is -0.354 e. The van der Waals surface area contributed by atoms with E-state index in [2.05, 4.69) is 15.3 Å². The fourth-order valence-corrected chi connectivity index (χ4v) is 1.45. The zero-order valence-electron chi connectivity index (χ0n) is 9.30. The fraction of sp³-hybridized carbons (Fsp3) is 0.300. The van der Waals surface area contributed by atoms with Crippen LogP contribution in [0.5, 0.6) is 0 Å². The van der Waals surface area contributed by atoms with Crippen LogP contribution >= 0.6 is 0 Å². The van der Waals surface area contributed by atoms with Crippen LogP contribution in [0.1, 0.15) is 6.92 Å². The van der Waals surface area contributed by atoms with Crippen molar-refractivity contribution in [2.75, 3.05) is 11.9 Å². The monoisotopic (exact) mass is 235 g/mol. The van der Waals surface area contributed by atoms with Crippen LogP contribution in [-0.4, -0.2) is 27.5 Å². The second-order valence-electron chi connectivity index (χ2n) is 3.90. The maximum atomic E-state index is 10.6. The van der Waals surface area contributed by atoms with Gasteiger partial charge in [0.1, 0.15) is 0 Å². The first-order chi connectivity index (χ1) is 8.06. The molecular weight excluding hydrogens is 222 g/mol. The lowest BCUT2D eigenvalue weighted by Crippen LogP contribution is -2.25. The van der Waals surface area contributed by atoms with Crippen molar-refractivity contribution in [3.63, 3.8) is 0 Å².